The molecule has 0 radical (unpaired) electrons. The summed E-state index contributed by atoms with van der Waals surface area (Å²) in [5, 5.41) is 10.2. The number of carbonyl (C=O) groups excluding carboxylic acids is 2. The van der Waals surface area contributed by atoms with Gasteiger partial charge in [0.25, 0.3) is 5.91 Å². The normalized spacial score (nSPS) is 13.7. The topological polar surface area (TPSA) is 64.1 Å². The van der Waals surface area contributed by atoms with Crippen LogP contribution in [0.4, 0.5) is 5.69 Å². The molecule has 32 heavy (non-hydrogen) atoms. The van der Waals surface area contributed by atoms with Gasteiger partial charge in [0.2, 0.25) is 5.91 Å². The highest BCUT2D eigenvalue weighted by Gasteiger charge is 2.29. The van der Waals surface area contributed by atoms with Crippen LogP contribution in [0.2, 0.25) is 0 Å². The second-order valence-electron chi connectivity index (χ2n) is 9.62. The van der Waals surface area contributed by atoms with E-state index in [1.165, 1.54) is 0 Å². The van der Waals surface area contributed by atoms with Crippen molar-refractivity contribution in [3.8, 4) is 5.75 Å². The standard InChI is InChI=1S/C26H33N3O3/c1-26(2,3)21-15-18(12-13-23(21)30)25(32)29-16-19-9-7-10-22(20(19)17-29)28(6)24(31)11-8-14-27(4)5/h7-13,15,30H,14,16-17H2,1-6H3/b11-8+. The van der Waals surface area contributed by atoms with Gasteiger partial charge in [-0.15, -0.1) is 0 Å². The minimum Gasteiger partial charge on any atom is -0.508 e. The number of anilines is 1. The predicted molar refractivity (Wildman–Crippen MR) is 128 cm³/mol. The van der Waals surface area contributed by atoms with Crippen molar-refractivity contribution < 1.29 is 14.7 Å². The van der Waals surface area contributed by atoms with Gasteiger partial charge in [-0.1, -0.05) is 39.0 Å². The summed E-state index contributed by atoms with van der Waals surface area (Å²) in [5.41, 5.74) is 3.88. The van der Waals surface area contributed by atoms with Crippen LogP contribution in [0.25, 0.3) is 0 Å². The van der Waals surface area contributed by atoms with E-state index in [0.29, 0.717) is 25.2 Å². The number of nitrogens with zero attached hydrogens (tertiary/aromatic N) is 3. The number of rotatable bonds is 5. The molecule has 6 heteroatoms. The van der Waals surface area contributed by atoms with Crippen LogP contribution < -0.4 is 4.90 Å². The molecule has 0 bridgehead atoms. The molecule has 0 aliphatic carbocycles. The lowest BCUT2D eigenvalue weighted by molar-refractivity contribution is -0.113. The summed E-state index contributed by atoms with van der Waals surface area (Å²) in [6, 6.07) is 10.9. The van der Waals surface area contributed by atoms with E-state index >= 15 is 0 Å². The third-order valence-corrected chi connectivity index (χ3v) is 5.72. The first-order valence-electron chi connectivity index (χ1n) is 10.8. The van der Waals surface area contributed by atoms with E-state index < -0.39 is 0 Å². The number of amides is 2. The summed E-state index contributed by atoms with van der Waals surface area (Å²) in [5.74, 6) is 0.0133. The quantitative estimate of drug-likeness (QED) is 0.723. The van der Waals surface area contributed by atoms with Crippen molar-refractivity contribution in [2.45, 2.75) is 39.3 Å². The highest BCUT2D eigenvalue weighted by molar-refractivity contribution is 6.02. The lowest BCUT2D eigenvalue weighted by Crippen LogP contribution is -2.27. The highest BCUT2D eigenvalue weighted by atomic mass is 16.3. The van der Waals surface area contributed by atoms with Gasteiger partial charge in [0.05, 0.1) is 0 Å². The molecular weight excluding hydrogens is 402 g/mol. The molecule has 0 unspecified atom stereocenters. The number of fused-ring (bicyclic) bond motifs is 1. The van der Waals surface area contributed by atoms with E-state index in [0.717, 1.165) is 22.4 Å². The van der Waals surface area contributed by atoms with Crippen LogP contribution in [-0.2, 0) is 23.3 Å². The van der Waals surface area contributed by atoms with Gasteiger partial charge in [-0.25, -0.2) is 0 Å². The zero-order valence-electron chi connectivity index (χ0n) is 19.8. The second kappa shape index (κ2) is 9.17. The van der Waals surface area contributed by atoms with Gasteiger partial charge in [-0.2, -0.15) is 0 Å². The van der Waals surface area contributed by atoms with Crippen molar-refractivity contribution in [1.29, 1.82) is 0 Å². The molecule has 6 nitrogen and oxygen atoms in total. The summed E-state index contributed by atoms with van der Waals surface area (Å²) < 4.78 is 0. The molecule has 1 N–H and O–H groups in total. The molecule has 1 aliphatic rings. The van der Waals surface area contributed by atoms with Crippen molar-refractivity contribution in [2.24, 2.45) is 0 Å². The monoisotopic (exact) mass is 435 g/mol. The van der Waals surface area contributed by atoms with E-state index in [-0.39, 0.29) is 23.0 Å². The van der Waals surface area contributed by atoms with Crippen LogP contribution >= 0.6 is 0 Å². The predicted octanol–water partition coefficient (Wildman–Crippen LogP) is 3.93. The van der Waals surface area contributed by atoms with Crippen LogP contribution in [0, 0.1) is 0 Å². The van der Waals surface area contributed by atoms with Gasteiger partial charge in [-0.05, 0) is 49.3 Å². The van der Waals surface area contributed by atoms with Crippen LogP contribution in [0.3, 0.4) is 0 Å². The van der Waals surface area contributed by atoms with Crippen LogP contribution in [0.1, 0.15) is 47.8 Å². The molecule has 0 saturated heterocycles. The highest BCUT2D eigenvalue weighted by Crippen LogP contribution is 2.34. The molecule has 1 aliphatic heterocycles. The number of carbonyl (C=O) groups is 2. The van der Waals surface area contributed by atoms with E-state index in [9.17, 15) is 14.7 Å². The molecule has 0 atom stereocenters. The number of phenolic OH excluding ortho intramolecular Hbond substituents is 1. The van der Waals surface area contributed by atoms with E-state index in [1.807, 2.05) is 64.0 Å². The maximum absolute atomic E-state index is 13.3. The van der Waals surface area contributed by atoms with Crippen LogP contribution in [-0.4, -0.2) is 54.4 Å². The van der Waals surface area contributed by atoms with Crippen molar-refractivity contribution >= 4 is 17.5 Å². The molecule has 0 fully saturated rings. The molecule has 0 spiro atoms. The Morgan fingerprint density at radius 3 is 2.47 bits per heavy atom. The first-order valence-corrected chi connectivity index (χ1v) is 10.8. The zero-order chi connectivity index (χ0) is 23.6. The first kappa shape index (κ1) is 23.5. The minimum absolute atomic E-state index is 0.0856. The minimum atomic E-state index is -0.273. The zero-order valence-corrected chi connectivity index (χ0v) is 19.8. The Bertz CT molecular complexity index is 1050. The average molecular weight is 436 g/mol. The van der Waals surface area contributed by atoms with E-state index in [2.05, 4.69) is 0 Å². The fourth-order valence-electron chi connectivity index (χ4n) is 3.91. The summed E-state index contributed by atoms with van der Waals surface area (Å²) in [7, 11) is 5.66. The number of phenols is 1. The summed E-state index contributed by atoms with van der Waals surface area (Å²) in [6.07, 6.45) is 3.43. The Balaban J connectivity index is 1.82. The van der Waals surface area contributed by atoms with Gasteiger partial charge in [0.15, 0.2) is 0 Å². The second-order valence-corrected chi connectivity index (χ2v) is 9.62. The Hall–Kier alpha value is -3.12. The maximum atomic E-state index is 13.3. The van der Waals surface area contributed by atoms with Crippen molar-refractivity contribution in [1.82, 2.24) is 9.80 Å². The maximum Gasteiger partial charge on any atom is 0.254 e. The molecule has 2 amide bonds. The summed E-state index contributed by atoms with van der Waals surface area (Å²) in [4.78, 5) is 31.3. The van der Waals surface area contributed by atoms with Gasteiger partial charge in [0, 0.05) is 55.1 Å². The van der Waals surface area contributed by atoms with Crippen LogP contribution in [0.5, 0.6) is 5.75 Å². The summed E-state index contributed by atoms with van der Waals surface area (Å²) >= 11 is 0. The Kier molecular flexibility index (Phi) is 6.74. The summed E-state index contributed by atoms with van der Waals surface area (Å²) in [6.45, 7) is 7.65. The van der Waals surface area contributed by atoms with Gasteiger partial charge in [-0.3, -0.25) is 9.59 Å². The Morgan fingerprint density at radius 2 is 1.81 bits per heavy atom. The lowest BCUT2D eigenvalue weighted by atomic mass is 9.85. The van der Waals surface area contributed by atoms with Gasteiger partial charge < -0.3 is 19.8 Å². The third-order valence-electron chi connectivity index (χ3n) is 5.72. The first-order chi connectivity index (χ1) is 15.0. The van der Waals surface area contributed by atoms with Crippen molar-refractivity contribution in [2.75, 3.05) is 32.6 Å². The number of likely N-dealkylation sites (N-methyl/N-ethyl adjacent to an activating group) is 2. The number of hydrogen-bond acceptors (Lipinski definition) is 4. The molecule has 2 aromatic carbocycles. The molecule has 1 heterocycles. The lowest BCUT2D eigenvalue weighted by Gasteiger charge is -2.22. The molecule has 170 valence electrons. The number of aromatic hydroxyl groups is 1. The fraction of sp³-hybridized carbons (Fsp3) is 0.385. The molecule has 3 rings (SSSR count). The van der Waals surface area contributed by atoms with Crippen LogP contribution in [0.15, 0.2) is 48.6 Å². The SMILES string of the molecule is CN(C)C/C=C/C(=O)N(C)c1cccc2c1CN(C(=O)c1ccc(O)c(C(C)(C)C)c1)C2. The molecule has 0 saturated carbocycles. The van der Waals surface area contributed by atoms with E-state index in [1.54, 1.807) is 41.1 Å². The van der Waals surface area contributed by atoms with Crippen molar-refractivity contribution in [3.63, 3.8) is 0 Å². The van der Waals surface area contributed by atoms with Crippen molar-refractivity contribution in [3.05, 3.63) is 70.8 Å². The third kappa shape index (κ3) is 5.02. The Labute approximate surface area is 190 Å². The Morgan fingerprint density at radius 1 is 1.09 bits per heavy atom. The van der Waals surface area contributed by atoms with Gasteiger partial charge >= 0.3 is 0 Å². The molecule has 2 aromatic rings. The number of benzene rings is 2. The largest absolute Gasteiger partial charge is 0.508 e. The molecule has 0 aromatic heterocycles. The van der Waals surface area contributed by atoms with Gasteiger partial charge in [0.1, 0.15) is 5.75 Å². The average Bonchev–Trinajstić information content (AvgIpc) is 3.16. The fourth-order valence-corrected chi connectivity index (χ4v) is 3.91. The van der Waals surface area contributed by atoms with E-state index in [4.69, 9.17) is 0 Å². The smallest absolute Gasteiger partial charge is 0.254 e. The number of hydrogen-bond donors (Lipinski definition) is 1. The molecular formula is C26H33N3O3.